The van der Waals surface area contributed by atoms with Gasteiger partial charge in [-0.25, -0.2) is 4.98 Å². The third kappa shape index (κ3) is 4.18. The van der Waals surface area contributed by atoms with E-state index in [1.807, 2.05) is 0 Å². The molecule has 1 fully saturated rings. The van der Waals surface area contributed by atoms with Crippen LogP contribution < -0.4 is 10.2 Å². The molecule has 1 atom stereocenters. The lowest BCUT2D eigenvalue weighted by Gasteiger charge is -2.33. The summed E-state index contributed by atoms with van der Waals surface area (Å²) >= 11 is 0. The SMILES string of the molecule is COC1CCCN(c2cccc(CNC(C)C)n2)C1. The van der Waals surface area contributed by atoms with E-state index in [9.17, 15) is 0 Å². The van der Waals surface area contributed by atoms with Gasteiger partial charge in [0.1, 0.15) is 5.82 Å². The Balaban J connectivity index is 2.01. The number of methoxy groups -OCH3 is 1. The minimum Gasteiger partial charge on any atom is -0.380 e. The largest absolute Gasteiger partial charge is 0.380 e. The first-order chi connectivity index (χ1) is 9.19. The number of nitrogens with zero attached hydrogens (tertiary/aromatic N) is 2. The van der Waals surface area contributed by atoms with Crippen LogP contribution in [0.1, 0.15) is 32.4 Å². The minimum absolute atomic E-state index is 0.341. The molecule has 0 aliphatic carbocycles. The van der Waals surface area contributed by atoms with Crippen molar-refractivity contribution in [2.75, 3.05) is 25.1 Å². The zero-order valence-corrected chi connectivity index (χ0v) is 12.2. The predicted molar refractivity (Wildman–Crippen MR) is 78.5 cm³/mol. The molecule has 1 aromatic heterocycles. The van der Waals surface area contributed by atoms with Crippen LogP contribution in [0.5, 0.6) is 0 Å². The zero-order valence-electron chi connectivity index (χ0n) is 12.2. The summed E-state index contributed by atoms with van der Waals surface area (Å²) in [5.74, 6) is 1.07. The van der Waals surface area contributed by atoms with E-state index >= 15 is 0 Å². The lowest BCUT2D eigenvalue weighted by atomic mass is 10.1. The van der Waals surface area contributed by atoms with Gasteiger partial charge in [0.2, 0.25) is 0 Å². The maximum absolute atomic E-state index is 5.47. The van der Waals surface area contributed by atoms with Gasteiger partial charge in [-0.3, -0.25) is 0 Å². The summed E-state index contributed by atoms with van der Waals surface area (Å²) in [6, 6.07) is 6.75. The van der Waals surface area contributed by atoms with Crippen LogP contribution in [-0.4, -0.2) is 37.3 Å². The topological polar surface area (TPSA) is 37.4 Å². The summed E-state index contributed by atoms with van der Waals surface area (Å²) in [5.41, 5.74) is 1.10. The molecule has 1 N–H and O–H groups in total. The molecular weight excluding hydrogens is 238 g/mol. The highest BCUT2D eigenvalue weighted by Gasteiger charge is 2.20. The van der Waals surface area contributed by atoms with Crippen molar-refractivity contribution < 1.29 is 4.74 Å². The first kappa shape index (κ1) is 14.3. The van der Waals surface area contributed by atoms with E-state index < -0.39 is 0 Å². The molecule has 106 valence electrons. The van der Waals surface area contributed by atoms with Crippen molar-refractivity contribution in [1.29, 1.82) is 0 Å². The standard InChI is InChI=1S/C15H25N3O/c1-12(2)16-10-13-6-4-8-15(17-13)18-9-5-7-14(11-18)19-3/h4,6,8,12,14,16H,5,7,9-11H2,1-3H3. The minimum atomic E-state index is 0.341. The molecule has 0 aromatic carbocycles. The monoisotopic (exact) mass is 263 g/mol. The van der Waals surface area contributed by atoms with Gasteiger partial charge in [0.05, 0.1) is 11.8 Å². The number of hydrogen-bond acceptors (Lipinski definition) is 4. The third-order valence-electron chi connectivity index (χ3n) is 3.52. The Morgan fingerprint density at radius 1 is 1.47 bits per heavy atom. The highest BCUT2D eigenvalue weighted by Crippen LogP contribution is 2.19. The van der Waals surface area contributed by atoms with Crippen molar-refractivity contribution in [3.8, 4) is 0 Å². The summed E-state index contributed by atoms with van der Waals surface area (Å²) in [7, 11) is 1.80. The Kier molecular flexibility index (Phi) is 5.16. The van der Waals surface area contributed by atoms with Gasteiger partial charge in [0.25, 0.3) is 0 Å². The van der Waals surface area contributed by atoms with E-state index in [1.165, 1.54) is 6.42 Å². The number of piperidine rings is 1. The van der Waals surface area contributed by atoms with Gasteiger partial charge in [-0.15, -0.1) is 0 Å². The Morgan fingerprint density at radius 3 is 3.05 bits per heavy atom. The molecule has 4 heteroatoms. The normalized spacial score (nSPS) is 20.0. The molecule has 1 aromatic rings. The first-order valence-electron chi connectivity index (χ1n) is 7.16. The number of pyridine rings is 1. The maximum atomic E-state index is 5.47. The van der Waals surface area contributed by atoms with Gasteiger partial charge in [-0.1, -0.05) is 19.9 Å². The summed E-state index contributed by atoms with van der Waals surface area (Å²) in [6.07, 6.45) is 2.67. The molecule has 4 nitrogen and oxygen atoms in total. The van der Waals surface area contributed by atoms with Crippen LogP contribution in [0.3, 0.4) is 0 Å². The van der Waals surface area contributed by atoms with Gasteiger partial charge in [0.15, 0.2) is 0 Å². The number of anilines is 1. The third-order valence-corrected chi connectivity index (χ3v) is 3.52. The van der Waals surface area contributed by atoms with Crippen molar-refractivity contribution in [3.63, 3.8) is 0 Å². The van der Waals surface area contributed by atoms with Crippen LogP contribution in [0.2, 0.25) is 0 Å². The molecule has 0 bridgehead atoms. The van der Waals surface area contributed by atoms with Crippen LogP contribution in [-0.2, 0) is 11.3 Å². The van der Waals surface area contributed by atoms with Crippen LogP contribution in [0, 0.1) is 0 Å². The van der Waals surface area contributed by atoms with Gasteiger partial charge in [-0.05, 0) is 25.0 Å². The van der Waals surface area contributed by atoms with Gasteiger partial charge in [0, 0.05) is 32.8 Å². The number of ether oxygens (including phenoxy) is 1. The fourth-order valence-electron chi connectivity index (χ4n) is 2.39. The Bertz CT molecular complexity index is 395. The molecule has 1 unspecified atom stereocenters. The second-order valence-corrected chi connectivity index (χ2v) is 5.47. The predicted octanol–water partition coefficient (Wildman–Crippen LogP) is 2.19. The maximum Gasteiger partial charge on any atom is 0.128 e. The van der Waals surface area contributed by atoms with Crippen LogP contribution in [0.15, 0.2) is 18.2 Å². The highest BCUT2D eigenvalue weighted by atomic mass is 16.5. The molecule has 1 saturated heterocycles. The number of nitrogens with one attached hydrogen (secondary N) is 1. The highest BCUT2D eigenvalue weighted by molar-refractivity contribution is 5.40. The molecule has 1 aliphatic heterocycles. The van der Waals surface area contributed by atoms with Crippen molar-refractivity contribution in [3.05, 3.63) is 23.9 Å². The molecule has 0 radical (unpaired) electrons. The van der Waals surface area contributed by atoms with E-state index in [0.29, 0.717) is 12.1 Å². The van der Waals surface area contributed by atoms with Gasteiger partial charge in [-0.2, -0.15) is 0 Å². The first-order valence-corrected chi connectivity index (χ1v) is 7.16. The van der Waals surface area contributed by atoms with Gasteiger partial charge >= 0.3 is 0 Å². The molecule has 19 heavy (non-hydrogen) atoms. The van der Waals surface area contributed by atoms with E-state index in [4.69, 9.17) is 9.72 Å². The summed E-state index contributed by atoms with van der Waals surface area (Å²) < 4.78 is 5.47. The van der Waals surface area contributed by atoms with E-state index in [1.54, 1.807) is 7.11 Å². The summed E-state index contributed by atoms with van der Waals surface area (Å²) in [5, 5.41) is 3.41. The summed E-state index contributed by atoms with van der Waals surface area (Å²) in [4.78, 5) is 7.07. The number of hydrogen-bond donors (Lipinski definition) is 1. The van der Waals surface area contributed by atoms with Crippen LogP contribution in [0.4, 0.5) is 5.82 Å². The summed E-state index contributed by atoms with van der Waals surface area (Å²) in [6.45, 7) is 7.15. The average molecular weight is 263 g/mol. The zero-order chi connectivity index (χ0) is 13.7. The molecular formula is C15H25N3O. The molecule has 0 amide bonds. The fraction of sp³-hybridized carbons (Fsp3) is 0.667. The van der Waals surface area contributed by atoms with Crippen molar-refractivity contribution in [2.24, 2.45) is 0 Å². The van der Waals surface area contributed by atoms with Crippen LogP contribution >= 0.6 is 0 Å². The molecule has 1 aliphatic rings. The molecule has 2 rings (SSSR count). The van der Waals surface area contributed by atoms with Crippen molar-refractivity contribution in [2.45, 2.75) is 45.4 Å². The van der Waals surface area contributed by atoms with E-state index in [2.05, 4.69) is 42.3 Å². The van der Waals surface area contributed by atoms with Crippen molar-refractivity contribution >= 4 is 5.82 Å². The Labute approximate surface area is 116 Å². The lowest BCUT2D eigenvalue weighted by molar-refractivity contribution is 0.0891. The lowest BCUT2D eigenvalue weighted by Crippen LogP contribution is -2.39. The van der Waals surface area contributed by atoms with Gasteiger partial charge < -0.3 is 15.0 Å². The number of aromatic nitrogens is 1. The van der Waals surface area contributed by atoms with E-state index in [0.717, 1.165) is 37.6 Å². The average Bonchev–Trinajstić information content (AvgIpc) is 2.45. The van der Waals surface area contributed by atoms with Crippen LogP contribution in [0.25, 0.3) is 0 Å². The Morgan fingerprint density at radius 2 is 2.32 bits per heavy atom. The molecule has 0 saturated carbocycles. The Hall–Kier alpha value is -1.13. The molecule has 0 spiro atoms. The van der Waals surface area contributed by atoms with Crippen molar-refractivity contribution in [1.82, 2.24) is 10.3 Å². The second kappa shape index (κ2) is 6.87. The van der Waals surface area contributed by atoms with E-state index in [-0.39, 0.29) is 0 Å². The second-order valence-electron chi connectivity index (χ2n) is 5.47. The fourth-order valence-corrected chi connectivity index (χ4v) is 2.39. The quantitative estimate of drug-likeness (QED) is 0.883. The molecule has 2 heterocycles. The number of rotatable bonds is 5. The smallest absolute Gasteiger partial charge is 0.128 e.